The molecular formula is C22H24N6O5. The minimum absolute atomic E-state index is 0.0987. The predicted molar refractivity (Wildman–Crippen MR) is 119 cm³/mol. The first-order chi connectivity index (χ1) is 16.1. The van der Waals surface area contributed by atoms with Crippen LogP contribution in [0, 0.1) is 11.3 Å². The first-order valence-corrected chi connectivity index (χ1v) is 10.3. The molecule has 1 aliphatic rings. The maximum Gasteiger partial charge on any atom is 0.255 e. The number of para-hydroxylation sites is 2. The van der Waals surface area contributed by atoms with Gasteiger partial charge in [0.25, 0.3) is 11.8 Å². The van der Waals surface area contributed by atoms with Crippen molar-refractivity contribution in [3.05, 3.63) is 48.1 Å². The molecular weight excluding hydrogens is 428 g/mol. The number of hydrogen-bond acceptors (Lipinski definition) is 10. The Morgan fingerprint density at radius 2 is 2.12 bits per heavy atom. The number of fused-ring (bicyclic) bond motifs is 1. The molecule has 33 heavy (non-hydrogen) atoms. The van der Waals surface area contributed by atoms with Crippen LogP contribution in [0.5, 0.6) is 5.75 Å². The summed E-state index contributed by atoms with van der Waals surface area (Å²) >= 11 is 0. The second-order valence-corrected chi connectivity index (χ2v) is 6.82. The quantitative estimate of drug-likeness (QED) is 0.356. The Kier molecular flexibility index (Phi) is 8.29. The van der Waals surface area contributed by atoms with Gasteiger partial charge in [0.05, 0.1) is 11.4 Å². The van der Waals surface area contributed by atoms with E-state index < -0.39 is 18.4 Å². The monoisotopic (exact) mass is 452 g/mol. The number of aliphatic hydroxyl groups excluding tert-OH is 1. The number of ether oxygens (including phenoxy) is 2. The van der Waals surface area contributed by atoms with Gasteiger partial charge in [-0.2, -0.15) is 5.26 Å². The normalized spacial score (nSPS) is 13.2. The number of aromatic nitrogens is 2. The van der Waals surface area contributed by atoms with E-state index >= 15 is 0 Å². The van der Waals surface area contributed by atoms with Crippen molar-refractivity contribution in [2.75, 3.05) is 43.5 Å². The summed E-state index contributed by atoms with van der Waals surface area (Å²) in [6.07, 6.45) is 1.90. The number of rotatable bonds is 10. The molecule has 3 N–H and O–H groups in total. The van der Waals surface area contributed by atoms with Gasteiger partial charge in [-0.25, -0.2) is 9.97 Å². The summed E-state index contributed by atoms with van der Waals surface area (Å²) in [6.45, 7) is 1.54. The zero-order chi connectivity index (χ0) is 23.6. The fourth-order valence-corrected chi connectivity index (χ4v) is 3.02. The zero-order valence-corrected chi connectivity index (χ0v) is 18.1. The number of nitrogens with one attached hydrogen (secondary N) is 2. The molecule has 11 nitrogen and oxygen atoms in total. The zero-order valence-electron chi connectivity index (χ0n) is 18.1. The molecule has 0 aliphatic carbocycles. The van der Waals surface area contributed by atoms with Gasteiger partial charge >= 0.3 is 0 Å². The molecule has 0 spiro atoms. The number of nitriles is 1. The number of imide groups is 1. The third kappa shape index (κ3) is 6.03. The Hall–Kier alpha value is -4.01. The predicted octanol–water partition coefficient (Wildman–Crippen LogP) is 1.36. The summed E-state index contributed by atoms with van der Waals surface area (Å²) in [5, 5.41) is 24.8. The van der Waals surface area contributed by atoms with E-state index in [1.165, 1.54) is 6.20 Å². The summed E-state index contributed by atoms with van der Waals surface area (Å²) < 4.78 is 10.8. The van der Waals surface area contributed by atoms with E-state index in [2.05, 4.69) is 26.7 Å². The molecule has 1 aliphatic heterocycles. The van der Waals surface area contributed by atoms with E-state index in [0.29, 0.717) is 31.0 Å². The number of carbonyl (C=O) groups is 2. The second-order valence-electron chi connectivity index (χ2n) is 6.82. The van der Waals surface area contributed by atoms with Crippen molar-refractivity contribution in [2.45, 2.75) is 13.3 Å². The lowest BCUT2D eigenvalue weighted by molar-refractivity contribution is -0.149. The van der Waals surface area contributed by atoms with Crippen LogP contribution in [0.3, 0.4) is 0 Å². The SMILES string of the molecule is CCOCC(=O)N(CCCNc1nccc(/C(C#N)=C2\Nc3ccccc3O2)n1)C(=O)CO. The molecule has 0 bridgehead atoms. The Bertz CT molecular complexity index is 1050. The van der Waals surface area contributed by atoms with Gasteiger partial charge in [-0.1, -0.05) is 12.1 Å². The lowest BCUT2D eigenvalue weighted by atomic mass is 10.2. The molecule has 2 heterocycles. The minimum atomic E-state index is -0.762. The molecule has 0 fully saturated rings. The van der Waals surface area contributed by atoms with Crippen LogP contribution in [0.15, 0.2) is 42.4 Å². The smallest absolute Gasteiger partial charge is 0.255 e. The average molecular weight is 452 g/mol. The topological polar surface area (TPSA) is 150 Å². The molecule has 0 saturated heterocycles. The number of hydrogen-bond donors (Lipinski definition) is 3. The molecule has 1 aromatic carbocycles. The fourth-order valence-electron chi connectivity index (χ4n) is 3.02. The molecule has 0 atom stereocenters. The maximum atomic E-state index is 12.1. The van der Waals surface area contributed by atoms with Gasteiger partial charge in [-0.15, -0.1) is 0 Å². The van der Waals surface area contributed by atoms with Crippen LogP contribution in [0.1, 0.15) is 19.0 Å². The van der Waals surface area contributed by atoms with E-state index in [-0.39, 0.29) is 30.6 Å². The van der Waals surface area contributed by atoms with E-state index in [9.17, 15) is 14.9 Å². The highest BCUT2D eigenvalue weighted by Gasteiger charge is 2.22. The lowest BCUT2D eigenvalue weighted by Crippen LogP contribution is -2.42. The van der Waals surface area contributed by atoms with Gasteiger partial charge in [0.15, 0.2) is 5.75 Å². The van der Waals surface area contributed by atoms with Crippen LogP contribution in [-0.4, -0.2) is 64.7 Å². The van der Waals surface area contributed by atoms with Gasteiger partial charge in [0.1, 0.15) is 24.9 Å². The van der Waals surface area contributed by atoms with E-state index in [1.807, 2.05) is 18.2 Å². The number of allylic oxidation sites excluding steroid dienone is 1. The molecule has 2 aromatic rings. The standard InChI is InChI=1S/C22H24N6O5/c1-2-32-14-20(31)28(19(30)13-29)11-5-9-24-22-25-10-8-16(27-22)15(12-23)21-26-17-6-3-4-7-18(17)33-21/h3-4,6-8,10,26,29H,2,5,9,11,13-14H2,1H3,(H,24,25,27)/b21-15+. The van der Waals surface area contributed by atoms with Crippen LogP contribution in [0.4, 0.5) is 11.6 Å². The first kappa shape index (κ1) is 23.6. The number of anilines is 2. The van der Waals surface area contributed by atoms with Crippen molar-refractivity contribution in [3.8, 4) is 11.8 Å². The molecule has 0 radical (unpaired) electrons. The van der Waals surface area contributed by atoms with Gasteiger partial charge in [0, 0.05) is 25.9 Å². The number of benzene rings is 1. The highest BCUT2D eigenvalue weighted by molar-refractivity contribution is 5.96. The molecule has 11 heteroatoms. The van der Waals surface area contributed by atoms with E-state index in [4.69, 9.17) is 14.6 Å². The molecule has 1 aromatic heterocycles. The van der Waals surface area contributed by atoms with Gasteiger partial charge in [-0.05, 0) is 31.5 Å². The second kappa shape index (κ2) is 11.6. The molecule has 2 amide bonds. The van der Waals surface area contributed by atoms with Crippen molar-refractivity contribution < 1.29 is 24.2 Å². The van der Waals surface area contributed by atoms with Gasteiger partial charge < -0.3 is 25.2 Å². The Morgan fingerprint density at radius 1 is 1.30 bits per heavy atom. The maximum absolute atomic E-state index is 12.1. The van der Waals surface area contributed by atoms with Crippen molar-refractivity contribution >= 4 is 29.0 Å². The van der Waals surface area contributed by atoms with Crippen molar-refractivity contribution in [1.82, 2.24) is 14.9 Å². The van der Waals surface area contributed by atoms with Gasteiger partial charge in [-0.3, -0.25) is 14.5 Å². The largest absolute Gasteiger partial charge is 0.437 e. The third-order valence-electron chi connectivity index (χ3n) is 4.61. The van der Waals surface area contributed by atoms with Crippen LogP contribution in [0.2, 0.25) is 0 Å². The van der Waals surface area contributed by atoms with Crippen LogP contribution in [0.25, 0.3) is 5.57 Å². The molecule has 0 saturated carbocycles. The summed E-state index contributed by atoms with van der Waals surface area (Å²) in [5.74, 6) is -0.0160. The number of aliphatic hydroxyl groups is 1. The molecule has 172 valence electrons. The Labute approximate surface area is 190 Å². The van der Waals surface area contributed by atoms with Crippen molar-refractivity contribution in [3.63, 3.8) is 0 Å². The lowest BCUT2D eigenvalue weighted by Gasteiger charge is -2.20. The summed E-state index contributed by atoms with van der Waals surface area (Å²) in [5.41, 5.74) is 1.35. The van der Waals surface area contributed by atoms with E-state index in [0.717, 1.165) is 10.6 Å². The third-order valence-corrected chi connectivity index (χ3v) is 4.61. The Morgan fingerprint density at radius 3 is 2.85 bits per heavy atom. The van der Waals surface area contributed by atoms with Gasteiger partial charge in [0.2, 0.25) is 11.8 Å². The fraction of sp³-hybridized carbons (Fsp3) is 0.318. The van der Waals surface area contributed by atoms with Crippen LogP contribution < -0.4 is 15.4 Å². The number of carbonyl (C=O) groups excluding carboxylic acids is 2. The summed E-state index contributed by atoms with van der Waals surface area (Å²) in [4.78, 5) is 33.4. The van der Waals surface area contributed by atoms with Crippen molar-refractivity contribution in [1.29, 1.82) is 5.26 Å². The highest BCUT2D eigenvalue weighted by Crippen LogP contribution is 2.35. The number of nitrogens with zero attached hydrogens (tertiary/aromatic N) is 4. The van der Waals surface area contributed by atoms with Crippen molar-refractivity contribution in [2.24, 2.45) is 0 Å². The summed E-state index contributed by atoms with van der Waals surface area (Å²) in [6, 6.07) is 11.0. The Balaban J connectivity index is 1.61. The highest BCUT2D eigenvalue weighted by atomic mass is 16.5. The van der Waals surface area contributed by atoms with E-state index in [1.54, 1.807) is 19.1 Å². The molecule has 0 unspecified atom stereocenters. The average Bonchev–Trinajstić information content (AvgIpc) is 3.26. The minimum Gasteiger partial charge on any atom is -0.437 e. The summed E-state index contributed by atoms with van der Waals surface area (Å²) in [7, 11) is 0. The first-order valence-electron chi connectivity index (χ1n) is 10.3. The number of amides is 2. The van der Waals surface area contributed by atoms with Crippen LogP contribution >= 0.6 is 0 Å². The van der Waals surface area contributed by atoms with Crippen LogP contribution in [-0.2, 0) is 14.3 Å². The molecule has 3 rings (SSSR count).